The van der Waals surface area contributed by atoms with E-state index in [1.807, 2.05) is 36.4 Å². The number of nitrogens with zero attached hydrogens (tertiary/aromatic N) is 2. The summed E-state index contributed by atoms with van der Waals surface area (Å²) in [6.07, 6.45) is 0.255. The summed E-state index contributed by atoms with van der Waals surface area (Å²) in [6, 6.07) is 17.9. The normalized spacial score (nSPS) is 10.2. The van der Waals surface area contributed by atoms with Gasteiger partial charge in [-0.15, -0.1) is 0 Å². The lowest BCUT2D eigenvalue weighted by Crippen LogP contribution is -2.18. The van der Waals surface area contributed by atoms with Gasteiger partial charge in [-0.3, -0.25) is 9.59 Å². The maximum atomic E-state index is 12.3. The number of aromatic nitrogens is 2. The minimum Gasteiger partial charge on any atom is -0.493 e. The van der Waals surface area contributed by atoms with E-state index >= 15 is 0 Å². The van der Waals surface area contributed by atoms with E-state index in [-0.39, 0.29) is 34.7 Å². The van der Waals surface area contributed by atoms with Crippen LogP contribution in [0.15, 0.2) is 64.5 Å². The Morgan fingerprint density at radius 3 is 2.61 bits per heavy atom. The lowest BCUT2D eigenvalue weighted by atomic mass is 10.1. The van der Waals surface area contributed by atoms with Gasteiger partial charge in [0.25, 0.3) is 5.56 Å². The van der Waals surface area contributed by atoms with Gasteiger partial charge in [0.15, 0.2) is 5.16 Å². The topological polar surface area (TPSA) is 119 Å². The van der Waals surface area contributed by atoms with Crippen LogP contribution >= 0.6 is 11.8 Å². The highest BCUT2D eigenvalue weighted by molar-refractivity contribution is 7.99. The number of amides is 1. The Kier molecular flexibility index (Phi) is 6.09. The number of nitriles is 1. The molecule has 0 saturated carbocycles. The summed E-state index contributed by atoms with van der Waals surface area (Å²) < 4.78 is 0. The van der Waals surface area contributed by atoms with Gasteiger partial charge in [-0.2, -0.15) is 10.2 Å². The molecule has 2 aromatic carbocycles. The maximum Gasteiger partial charge on any atom is 0.258 e. The molecular weight excluding hydrogens is 376 g/mol. The van der Waals surface area contributed by atoms with Crippen molar-refractivity contribution < 1.29 is 9.90 Å². The second-order valence-corrected chi connectivity index (χ2v) is 6.79. The number of aromatic amines is 1. The SMILES string of the molecule is N#Cc1ccccc1NC(=O)CSc1nc(O)c(Cc2ccccc2)c(=O)[nH]1. The number of hydrogen-bond donors (Lipinski definition) is 3. The van der Waals surface area contributed by atoms with Gasteiger partial charge in [0, 0.05) is 6.42 Å². The number of nitrogens with one attached hydrogen (secondary N) is 2. The average molecular weight is 392 g/mol. The van der Waals surface area contributed by atoms with Crippen LogP contribution in [-0.2, 0) is 11.2 Å². The van der Waals surface area contributed by atoms with Crippen LogP contribution < -0.4 is 10.9 Å². The molecule has 0 bridgehead atoms. The Balaban J connectivity index is 1.66. The van der Waals surface area contributed by atoms with E-state index in [2.05, 4.69) is 15.3 Å². The molecule has 1 amide bonds. The Hall–Kier alpha value is -3.57. The van der Waals surface area contributed by atoms with E-state index in [1.54, 1.807) is 24.3 Å². The van der Waals surface area contributed by atoms with Crippen molar-refractivity contribution in [2.75, 3.05) is 11.1 Å². The minimum absolute atomic E-state index is 0.0415. The smallest absolute Gasteiger partial charge is 0.258 e. The number of carbonyl (C=O) groups excluding carboxylic acids is 1. The molecule has 0 radical (unpaired) electrons. The summed E-state index contributed by atoms with van der Waals surface area (Å²) in [5, 5.41) is 22.0. The van der Waals surface area contributed by atoms with Crippen molar-refractivity contribution in [1.82, 2.24) is 9.97 Å². The van der Waals surface area contributed by atoms with Crippen LogP contribution in [0.4, 0.5) is 5.69 Å². The molecule has 0 spiro atoms. The van der Waals surface area contributed by atoms with Crippen LogP contribution in [0.2, 0.25) is 0 Å². The number of benzene rings is 2. The third kappa shape index (κ3) is 4.78. The van der Waals surface area contributed by atoms with Crippen LogP contribution in [0.5, 0.6) is 5.88 Å². The van der Waals surface area contributed by atoms with E-state index in [4.69, 9.17) is 5.26 Å². The van der Waals surface area contributed by atoms with Crippen LogP contribution in [0.3, 0.4) is 0 Å². The van der Waals surface area contributed by atoms with Gasteiger partial charge in [0.1, 0.15) is 6.07 Å². The molecule has 0 atom stereocenters. The first-order chi connectivity index (χ1) is 13.6. The van der Waals surface area contributed by atoms with Gasteiger partial charge in [-0.1, -0.05) is 54.2 Å². The van der Waals surface area contributed by atoms with Crippen molar-refractivity contribution in [1.29, 1.82) is 5.26 Å². The summed E-state index contributed by atoms with van der Waals surface area (Å²) in [6.45, 7) is 0. The molecule has 0 unspecified atom stereocenters. The molecule has 140 valence electrons. The number of para-hydroxylation sites is 1. The van der Waals surface area contributed by atoms with E-state index in [0.717, 1.165) is 17.3 Å². The van der Waals surface area contributed by atoms with E-state index in [9.17, 15) is 14.7 Å². The Morgan fingerprint density at radius 2 is 1.89 bits per heavy atom. The van der Waals surface area contributed by atoms with Gasteiger partial charge in [0.05, 0.1) is 22.6 Å². The molecule has 0 aliphatic rings. The van der Waals surface area contributed by atoms with Gasteiger partial charge < -0.3 is 15.4 Å². The van der Waals surface area contributed by atoms with E-state index in [1.165, 1.54) is 0 Å². The molecule has 0 aliphatic carbocycles. The molecule has 0 aliphatic heterocycles. The van der Waals surface area contributed by atoms with E-state index < -0.39 is 5.56 Å². The highest BCUT2D eigenvalue weighted by Gasteiger charge is 2.13. The number of anilines is 1. The minimum atomic E-state index is -0.450. The number of aromatic hydroxyl groups is 1. The molecule has 0 saturated heterocycles. The third-order valence-corrected chi connectivity index (χ3v) is 4.73. The molecule has 3 rings (SSSR count). The lowest BCUT2D eigenvalue weighted by Gasteiger charge is -2.08. The fourth-order valence-corrected chi connectivity index (χ4v) is 3.16. The fourth-order valence-electron chi connectivity index (χ4n) is 2.50. The first-order valence-corrected chi connectivity index (χ1v) is 9.33. The number of H-pyrrole nitrogens is 1. The predicted octanol–water partition coefficient (Wildman–Crippen LogP) is 2.67. The second-order valence-electron chi connectivity index (χ2n) is 5.83. The van der Waals surface area contributed by atoms with Crippen molar-refractivity contribution in [2.45, 2.75) is 11.6 Å². The van der Waals surface area contributed by atoms with Gasteiger partial charge >= 0.3 is 0 Å². The average Bonchev–Trinajstić information content (AvgIpc) is 2.70. The van der Waals surface area contributed by atoms with Gasteiger partial charge in [-0.25, -0.2) is 0 Å². The summed E-state index contributed by atoms with van der Waals surface area (Å²) in [4.78, 5) is 30.9. The predicted molar refractivity (Wildman–Crippen MR) is 106 cm³/mol. The van der Waals surface area contributed by atoms with Gasteiger partial charge in [-0.05, 0) is 17.7 Å². The van der Waals surface area contributed by atoms with Crippen molar-refractivity contribution in [2.24, 2.45) is 0 Å². The van der Waals surface area contributed by atoms with Crippen LogP contribution in [-0.4, -0.2) is 26.7 Å². The molecule has 1 aromatic heterocycles. The zero-order chi connectivity index (χ0) is 19.9. The molecule has 7 nitrogen and oxygen atoms in total. The Bertz CT molecular complexity index is 1090. The third-order valence-electron chi connectivity index (χ3n) is 3.86. The molecular formula is C20H16N4O3S. The highest BCUT2D eigenvalue weighted by atomic mass is 32.2. The summed E-state index contributed by atoms with van der Waals surface area (Å²) in [7, 11) is 0. The highest BCUT2D eigenvalue weighted by Crippen LogP contribution is 2.20. The Morgan fingerprint density at radius 1 is 1.18 bits per heavy atom. The number of carbonyl (C=O) groups is 1. The van der Waals surface area contributed by atoms with Crippen LogP contribution in [0, 0.1) is 11.3 Å². The number of rotatable bonds is 6. The first-order valence-electron chi connectivity index (χ1n) is 8.34. The van der Waals surface area contributed by atoms with Crippen molar-refractivity contribution in [3.05, 3.63) is 81.6 Å². The summed E-state index contributed by atoms with van der Waals surface area (Å²) >= 11 is 0.983. The van der Waals surface area contributed by atoms with Crippen LogP contribution in [0.1, 0.15) is 16.7 Å². The largest absolute Gasteiger partial charge is 0.493 e. The van der Waals surface area contributed by atoms with Crippen LogP contribution in [0.25, 0.3) is 0 Å². The summed E-state index contributed by atoms with van der Waals surface area (Å²) in [5.41, 5.74) is 1.37. The molecule has 28 heavy (non-hydrogen) atoms. The van der Waals surface area contributed by atoms with E-state index in [0.29, 0.717) is 11.3 Å². The number of hydrogen-bond acceptors (Lipinski definition) is 6. The van der Waals surface area contributed by atoms with Crippen molar-refractivity contribution >= 4 is 23.4 Å². The quantitative estimate of drug-likeness (QED) is 0.438. The maximum absolute atomic E-state index is 12.3. The molecule has 3 aromatic rings. The molecule has 0 fully saturated rings. The zero-order valence-corrected chi connectivity index (χ0v) is 15.5. The Labute approximate surface area is 165 Å². The fraction of sp³-hybridized carbons (Fsp3) is 0.100. The van der Waals surface area contributed by atoms with Crippen molar-refractivity contribution in [3.8, 4) is 11.9 Å². The number of thioether (sulfide) groups is 1. The second kappa shape index (κ2) is 8.88. The lowest BCUT2D eigenvalue weighted by molar-refractivity contribution is -0.113. The molecule has 1 heterocycles. The molecule has 8 heteroatoms. The molecule has 3 N–H and O–H groups in total. The first kappa shape index (κ1) is 19.2. The monoisotopic (exact) mass is 392 g/mol. The van der Waals surface area contributed by atoms with Gasteiger partial charge in [0.2, 0.25) is 11.8 Å². The standard InChI is InChI=1S/C20H16N4O3S/c21-11-14-8-4-5-9-16(14)22-17(25)12-28-20-23-18(26)15(19(27)24-20)10-13-6-2-1-3-7-13/h1-9H,10,12H2,(H,22,25)(H2,23,24,26,27). The van der Waals surface area contributed by atoms with Crippen molar-refractivity contribution in [3.63, 3.8) is 0 Å². The summed E-state index contributed by atoms with van der Waals surface area (Å²) in [5.74, 6) is -0.756. The zero-order valence-electron chi connectivity index (χ0n) is 14.7.